The average molecular weight is 426 g/mol. The topological polar surface area (TPSA) is 105 Å². The van der Waals surface area contributed by atoms with Crippen molar-refractivity contribution in [3.63, 3.8) is 0 Å². The van der Waals surface area contributed by atoms with Gasteiger partial charge in [-0.15, -0.1) is 0 Å². The Bertz CT molecular complexity index is 1170. The number of amides is 1. The Hall–Kier alpha value is -4.01. The summed E-state index contributed by atoms with van der Waals surface area (Å²) >= 11 is 0. The van der Waals surface area contributed by atoms with Crippen molar-refractivity contribution in [2.75, 3.05) is 33.3 Å². The molecule has 0 fully saturated rings. The maximum Gasteiger partial charge on any atom is 0.343 e. The summed E-state index contributed by atoms with van der Waals surface area (Å²) in [6.45, 7) is -0.480. The van der Waals surface area contributed by atoms with Gasteiger partial charge in [0.05, 0.1) is 32.4 Å². The van der Waals surface area contributed by atoms with E-state index in [0.29, 0.717) is 33.7 Å². The first-order valence-corrected chi connectivity index (χ1v) is 9.30. The quantitative estimate of drug-likeness (QED) is 0.551. The molecule has 0 spiro atoms. The van der Waals surface area contributed by atoms with Crippen LogP contribution in [0.15, 0.2) is 53.5 Å². The van der Waals surface area contributed by atoms with E-state index in [1.54, 1.807) is 42.5 Å². The first-order chi connectivity index (χ1) is 15.0. The van der Waals surface area contributed by atoms with E-state index < -0.39 is 11.9 Å². The van der Waals surface area contributed by atoms with E-state index in [-0.39, 0.29) is 18.7 Å². The Kier molecular flexibility index (Phi) is 6.76. The van der Waals surface area contributed by atoms with E-state index >= 15 is 0 Å². The molecule has 0 bridgehead atoms. The molecule has 9 heteroatoms. The van der Waals surface area contributed by atoms with E-state index in [9.17, 15) is 14.4 Å². The van der Waals surface area contributed by atoms with Crippen LogP contribution < -0.4 is 25.1 Å². The van der Waals surface area contributed by atoms with Gasteiger partial charge in [-0.1, -0.05) is 6.07 Å². The molecule has 1 aromatic heterocycles. The predicted octanol–water partition coefficient (Wildman–Crippen LogP) is 2.21. The zero-order chi connectivity index (χ0) is 22.4. The minimum Gasteiger partial charge on any atom is -0.497 e. The second kappa shape index (κ2) is 9.66. The van der Waals surface area contributed by atoms with E-state index in [1.807, 2.05) is 0 Å². The molecule has 1 amide bonds. The number of aromatic nitrogens is 1. The molecule has 0 aliphatic carbocycles. The largest absolute Gasteiger partial charge is 0.497 e. The minimum atomic E-state index is -0.532. The number of esters is 1. The van der Waals surface area contributed by atoms with Gasteiger partial charge in [0.1, 0.15) is 23.8 Å². The van der Waals surface area contributed by atoms with Crippen molar-refractivity contribution in [2.45, 2.75) is 6.54 Å². The lowest BCUT2D eigenvalue weighted by Crippen LogP contribution is -2.27. The fourth-order valence-electron chi connectivity index (χ4n) is 2.99. The van der Waals surface area contributed by atoms with Crippen molar-refractivity contribution in [1.82, 2.24) is 4.57 Å². The van der Waals surface area contributed by atoms with E-state index in [1.165, 1.54) is 32.1 Å². The highest BCUT2D eigenvalue weighted by Crippen LogP contribution is 2.29. The number of carbonyl (C=O) groups excluding carboxylic acids is 2. The summed E-state index contributed by atoms with van der Waals surface area (Å²) < 4.78 is 21.7. The Balaban J connectivity index is 1.82. The van der Waals surface area contributed by atoms with E-state index in [4.69, 9.17) is 14.2 Å². The monoisotopic (exact) mass is 426 g/mol. The van der Waals surface area contributed by atoms with Gasteiger partial charge in [-0.2, -0.15) is 0 Å². The van der Waals surface area contributed by atoms with E-state index in [2.05, 4.69) is 10.1 Å². The van der Waals surface area contributed by atoms with E-state index in [0.717, 1.165) is 0 Å². The van der Waals surface area contributed by atoms with Gasteiger partial charge in [0.25, 0.3) is 5.56 Å². The molecule has 3 rings (SSSR count). The zero-order valence-electron chi connectivity index (χ0n) is 17.3. The molecule has 1 N–H and O–H groups in total. The molecule has 0 aliphatic heterocycles. The molecular formula is C22H22N2O7. The SMILES string of the molecule is COC(=O)COc1cccc2c(=O)n(CC(=O)Nc3cc(OC)ccc3OC)ccc12. The second-order valence-corrected chi connectivity index (χ2v) is 6.45. The maximum atomic E-state index is 12.9. The lowest BCUT2D eigenvalue weighted by molar-refractivity contribution is -0.142. The Morgan fingerprint density at radius 1 is 0.968 bits per heavy atom. The molecule has 1 heterocycles. The smallest absolute Gasteiger partial charge is 0.343 e. The number of fused-ring (bicyclic) bond motifs is 1. The highest BCUT2D eigenvalue weighted by molar-refractivity contribution is 5.93. The van der Waals surface area contributed by atoms with Crippen molar-refractivity contribution < 1.29 is 28.5 Å². The molecule has 0 unspecified atom stereocenters. The molecule has 3 aromatic rings. The van der Waals surface area contributed by atoms with Crippen molar-refractivity contribution in [1.29, 1.82) is 0 Å². The Labute approximate surface area is 178 Å². The lowest BCUT2D eigenvalue weighted by Gasteiger charge is -2.13. The summed E-state index contributed by atoms with van der Waals surface area (Å²) in [6.07, 6.45) is 1.50. The molecule has 9 nitrogen and oxygen atoms in total. The fourth-order valence-corrected chi connectivity index (χ4v) is 2.99. The number of nitrogens with zero attached hydrogens (tertiary/aromatic N) is 1. The Morgan fingerprint density at radius 2 is 1.77 bits per heavy atom. The van der Waals surface area contributed by atoms with Crippen molar-refractivity contribution >= 4 is 28.3 Å². The van der Waals surface area contributed by atoms with Gasteiger partial charge in [0.15, 0.2) is 6.61 Å². The fraction of sp³-hybridized carbons (Fsp3) is 0.227. The number of carbonyl (C=O) groups is 2. The number of pyridine rings is 1. The molecule has 0 atom stereocenters. The summed E-state index contributed by atoms with van der Waals surface area (Å²) in [6, 6.07) is 11.6. The molecule has 0 saturated carbocycles. The van der Waals surface area contributed by atoms with Crippen LogP contribution in [-0.4, -0.2) is 44.4 Å². The number of rotatable bonds is 8. The number of nitrogens with one attached hydrogen (secondary N) is 1. The summed E-state index contributed by atoms with van der Waals surface area (Å²) in [5.41, 5.74) is 0.0629. The number of ether oxygens (including phenoxy) is 4. The van der Waals surface area contributed by atoms with Gasteiger partial charge in [-0.25, -0.2) is 4.79 Å². The average Bonchev–Trinajstić information content (AvgIpc) is 2.79. The van der Waals surface area contributed by atoms with Gasteiger partial charge in [0, 0.05) is 17.6 Å². The van der Waals surface area contributed by atoms with Crippen LogP contribution in [0.4, 0.5) is 5.69 Å². The number of hydrogen-bond donors (Lipinski definition) is 1. The van der Waals surface area contributed by atoms with Crippen LogP contribution in [-0.2, 0) is 20.9 Å². The van der Waals surface area contributed by atoms with Crippen LogP contribution in [0.5, 0.6) is 17.2 Å². The molecule has 0 aliphatic rings. The molecule has 0 radical (unpaired) electrons. The molecule has 31 heavy (non-hydrogen) atoms. The summed E-state index contributed by atoms with van der Waals surface area (Å²) in [7, 11) is 4.27. The second-order valence-electron chi connectivity index (χ2n) is 6.45. The number of anilines is 1. The molecule has 162 valence electrons. The Morgan fingerprint density at radius 3 is 2.48 bits per heavy atom. The first kappa shape index (κ1) is 21.7. The van der Waals surface area contributed by atoms with Crippen molar-refractivity contribution in [3.8, 4) is 17.2 Å². The number of benzene rings is 2. The third-order valence-corrected chi connectivity index (χ3v) is 4.55. The standard InChI is InChI=1S/C22H22N2O7/c1-28-14-7-8-19(29-2)17(11-14)23-20(25)12-24-10-9-15-16(22(24)27)5-4-6-18(15)31-13-21(26)30-3/h4-11H,12-13H2,1-3H3,(H,23,25). The highest BCUT2D eigenvalue weighted by Gasteiger charge is 2.13. The van der Waals surface area contributed by atoms with Crippen LogP contribution in [0.25, 0.3) is 10.8 Å². The van der Waals surface area contributed by atoms with Gasteiger partial charge < -0.3 is 28.8 Å². The summed E-state index contributed by atoms with van der Waals surface area (Å²) in [4.78, 5) is 36.8. The van der Waals surface area contributed by atoms with Crippen LogP contribution in [0.2, 0.25) is 0 Å². The van der Waals surface area contributed by atoms with Gasteiger partial charge >= 0.3 is 5.97 Å². The maximum absolute atomic E-state index is 12.9. The van der Waals surface area contributed by atoms with Gasteiger partial charge in [-0.3, -0.25) is 9.59 Å². The predicted molar refractivity (Wildman–Crippen MR) is 114 cm³/mol. The van der Waals surface area contributed by atoms with Crippen LogP contribution in [0.1, 0.15) is 0 Å². The van der Waals surface area contributed by atoms with Gasteiger partial charge in [0.2, 0.25) is 5.91 Å². The third-order valence-electron chi connectivity index (χ3n) is 4.55. The summed E-state index contributed by atoms with van der Waals surface area (Å²) in [5, 5.41) is 3.62. The summed E-state index contributed by atoms with van der Waals surface area (Å²) in [5.74, 6) is 0.449. The van der Waals surface area contributed by atoms with Crippen LogP contribution >= 0.6 is 0 Å². The first-order valence-electron chi connectivity index (χ1n) is 9.30. The normalized spacial score (nSPS) is 10.4. The minimum absolute atomic E-state index is 0.206. The molecule has 0 saturated heterocycles. The van der Waals surface area contributed by atoms with Crippen LogP contribution in [0.3, 0.4) is 0 Å². The lowest BCUT2D eigenvalue weighted by atomic mass is 10.1. The zero-order valence-corrected chi connectivity index (χ0v) is 17.3. The van der Waals surface area contributed by atoms with Gasteiger partial charge in [-0.05, 0) is 30.3 Å². The van der Waals surface area contributed by atoms with Crippen LogP contribution in [0, 0.1) is 0 Å². The molecule has 2 aromatic carbocycles. The number of methoxy groups -OCH3 is 3. The molecular weight excluding hydrogens is 404 g/mol. The number of hydrogen-bond acceptors (Lipinski definition) is 7. The van der Waals surface area contributed by atoms with Crippen molar-refractivity contribution in [3.05, 3.63) is 59.0 Å². The third kappa shape index (κ3) is 4.95. The highest BCUT2D eigenvalue weighted by atomic mass is 16.6. The van der Waals surface area contributed by atoms with Crippen molar-refractivity contribution in [2.24, 2.45) is 0 Å².